The molecule has 0 radical (unpaired) electrons. The van der Waals surface area contributed by atoms with Crippen LogP contribution in [0.5, 0.6) is 0 Å². The van der Waals surface area contributed by atoms with Gasteiger partial charge in [-0.2, -0.15) is 0 Å². The maximum Gasteiger partial charge on any atom is 0.138 e. The maximum atomic E-state index is 5.46. The Morgan fingerprint density at radius 3 is 3.00 bits per heavy atom. The van der Waals surface area contributed by atoms with Crippen LogP contribution in [0.3, 0.4) is 0 Å². The predicted molar refractivity (Wildman–Crippen MR) is 76.5 cm³/mol. The zero-order chi connectivity index (χ0) is 13.5. The van der Waals surface area contributed by atoms with Gasteiger partial charge < -0.3 is 16.0 Å². The summed E-state index contributed by atoms with van der Waals surface area (Å²) >= 11 is 0. The van der Waals surface area contributed by atoms with Crippen molar-refractivity contribution in [3.63, 3.8) is 0 Å². The van der Waals surface area contributed by atoms with Crippen molar-refractivity contribution < 1.29 is 0 Å². The molecule has 0 saturated carbocycles. The summed E-state index contributed by atoms with van der Waals surface area (Å²) < 4.78 is 0. The molecule has 19 heavy (non-hydrogen) atoms. The smallest absolute Gasteiger partial charge is 0.138 e. The van der Waals surface area contributed by atoms with Crippen LogP contribution in [0.25, 0.3) is 0 Å². The van der Waals surface area contributed by atoms with Crippen molar-refractivity contribution in [2.24, 2.45) is 5.73 Å². The van der Waals surface area contributed by atoms with Gasteiger partial charge in [0.25, 0.3) is 0 Å². The van der Waals surface area contributed by atoms with E-state index in [2.05, 4.69) is 20.3 Å². The molecule has 6 heteroatoms. The molecule has 2 aromatic rings. The lowest BCUT2D eigenvalue weighted by Crippen LogP contribution is -2.13. The van der Waals surface area contributed by atoms with Crippen LogP contribution in [0.4, 0.5) is 17.3 Å². The molecule has 3 N–H and O–H groups in total. The number of hydrogen-bond donors (Lipinski definition) is 2. The van der Waals surface area contributed by atoms with Crippen molar-refractivity contribution in [1.82, 2.24) is 15.0 Å². The van der Waals surface area contributed by atoms with Crippen LogP contribution in [0.1, 0.15) is 6.42 Å². The van der Waals surface area contributed by atoms with E-state index in [0.29, 0.717) is 6.54 Å². The van der Waals surface area contributed by atoms with Crippen molar-refractivity contribution in [3.8, 4) is 0 Å². The molecule has 0 aliphatic rings. The summed E-state index contributed by atoms with van der Waals surface area (Å²) in [6, 6.07) is 5.79. The zero-order valence-electron chi connectivity index (χ0n) is 11.0. The Morgan fingerprint density at radius 1 is 1.37 bits per heavy atom. The first-order valence-electron chi connectivity index (χ1n) is 6.21. The molecule has 2 rings (SSSR count). The van der Waals surface area contributed by atoms with E-state index in [0.717, 1.165) is 30.3 Å². The second kappa shape index (κ2) is 6.65. The monoisotopic (exact) mass is 258 g/mol. The lowest BCUT2D eigenvalue weighted by molar-refractivity contribution is 0.868. The van der Waals surface area contributed by atoms with Gasteiger partial charge in [0.1, 0.15) is 18.0 Å². The Labute approximate surface area is 112 Å². The Morgan fingerprint density at radius 2 is 2.26 bits per heavy atom. The number of rotatable bonds is 6. The number of anilines is 3. The molecule has 6 nitrogen and oxygen atoms in total. The number of hydrogen-bond acceptors (Lipinski definition) is 6. The summed E-state index contributed by atoms with van der Waals surface area (Å²) in [5.41, 5.74) is 6.44. The summed E-state index contributed by atoms with van der Waals surface area (Å²) in [6.45, 7) is 1.48. The second-order valence-corrected chi connectivity index (χ2v) is 4.10. The molecule has 0 atom stereocenters. The standard InChI is InChI=1S/C13H18N6/c1-19(11-4-2-6-15-9-11)13-8-12(17-10-18-13)16-7-3-5-14/h2,4,6,8-10H,3,5,7,14H2,1H3,(H,16,17,18). The number of nitrogens with one attached hydrogen (secondary N) is 1. The topological polar surface area (TPSA) is 80.0 Å². The molecule has 0 saturated heterocycles. The molecule has 0 spiro atoms. The minimum Gasteiger partial charge on any atom is -0.370 e. The highest BCUT2D eigenvalue weighted by Crippen LogP contribution is 2.21. The summed E-state index contributed by atoms with van der Waals surface area (Å²) in [6.07, 6.45) is 6.01. The first-order valence-corrected chi connectivity index (χ1v) is 6.21. The molecule has 0 aliphatic carbocycles. The number of aromatic nitrogens is 3. The molecule has 0 bridgehead atoms. The quantitative estimate of drug-likeness (QED) is 0.762. The van der Waals surface area contributed by atoms with Crippen LogP contribution in [-0.4, -0.2) is 35.1 Å². The van der Waals surface area contributed by atoms with Crippen molar-refractivity contribution in [2.45, 2.75) is 6.42 Å². The fraction of sp³-hybridized carbons (Fsp3) is 0.308. The van der Waals surface area contributed by atoms with E-state index in [9.17, 15) is 0 Å². The van der Waals surface area contributed by atoms with Crippen LogP contribution in [-0.2, 0) is 0 Å². The van der Waals surface area contributed by atoms with E-state index >= 15 is 0 Å². The molecule has 2 heterocycles. The van der Waals surface area contributed by atoms with Crippen molar-refractivity contribution >= 4 is 17.3 Å². The van der Waals surface area contributed by atoms with E-state index in [1.807, 2.05) is 30.1 Å². The van der Waals surface area contributed by atoms with E-state index in [4.69, 9.17) is 5.73 Å². The summed E-state index contributed by atoms with van der Waals surface area (Å²) in [5, 5.41) is 3.22. The van der Waals surface area contributed by atoms with Gasteiger partial charge in [-0.25, -0.2) is 9.97 Å². The van der Waals surface area contributed by atoms with E-state index < -0.39 is 0 Å². The van der Waals surface area contributed by atoms with Crippen molar-refractivity contribution in [1.29, 1.82) is 0 Å². The third kappa shape index (κ3) is 3.62. The Hall–Kier alpha value is -2.21. The number of pyridine rings is 1. The molecule has 0 unspecified atom stereocenters. The lowest BCUT2D eigenvalue weighted by Gasteiger charge is -2.18. The van der Waals surface area contributed by atoms with Crippen LogP contribution in [0.2, 0.25) is 0 Å². The van der Waals surface area contributed by atoms with E-state index in [1.54, 1.807) is 18.7 Å². The minimum atomic E-state index is 0.667. The summed E-state index contributed by atoms with van der Waals surface area (Å²) in [5.74, 6) is 1.62. The highest BCUT2D eigenvalue weighted by molar-refractivity contribution is 5.60. The maximum absolute atomic E-state index is 5.46. The molecular formula is C13H18N6. The average Bonchev–Trinajstić information content (AvgIpc) is 2.48. The first kappa shape index (κ1) is 13.2. The fourth-order valence-electron chi connectivity index (χ4n) is 1.63. The molecule has 0 fully saturated rings. The SMILES string of the molecule is CN(c1cccnc1)c1cc(NCCCN)ncn1. The predicted octanol–water partition coefficient (Wildman–Crippen LogP) is 1.40. The van der Waals surface area contributed by atoms with Crippen LogP contribution in [0.15, 0.2) is 36.9 Å². The molecule has 0 amide bonds. The first-order chi connectivity index (χ1) is 9.31. The summed E-state index contributed by atoms with van der Waals surface area (Å²) in [7, 11) is 1.95. The van der Waals surface area contributed by atoms with Gasteiger partial charge >= 0.3 is 0 Å². The van der Waals surface area contributed by atoms with Gasteiger partial charge in [-0.3, -0.25) is 4.98 Å². The van der Waals surface area contributed by atoms with Crippen molar-refractivity contribution in [2.75, 3.05) is 30.4 Å². The molecular weight excluding hydrogens is 240 g/mol. The van der Waals surface area contributed by atoms with Crippen LogP contribution >= 0.6 is 0 Å². The Bertz CT molecular complexity index is 501. The van der Waals surface area contributed by atoms with E-state index in [1.165, 1.54) is 0 Å². The Kier molecular flexibility index (Phi) is 4.63. The highest BCUT2D eigenvalue weighted by Gasteiger charge is 2.06. The van der Waals surface area contributed by atoms with Gasteiger partial charge in [0, 0.05) is 25.9 Å². The van der Waals surface area contributed by atoms with Gasteiger partial charge in [0.15, 0.2) is 0 Å². The number of nitrogens with two attached hydrogens (primary N) is 1. The molecule has 0 aliphatic heterocycles. The van der Waals surface area contributed by atoms with E-state index in [-0.39, 0.29) is 0 Å². The van der Waals surface area contributed by atoms with Gasteiger partial charge in [0.05, 0.1) is 11.9 Å². The molecule has 0 aromatic carbocycles. The van der Waals surface area contributed by atoms with Gasteiger partial charge in [-0.1, -0.05) is 0 Å². The molecule has 2 aromatic heterocycles. The van der Waals surface area contributed by atoms with Crippen LogP contribution < -0.4 is 16.0 Å². The second-order valence-electron chi connectivity index (χ2n) is 4.10. The minimum absolute atomic E-state index is 0.667. The summed E-state index contributed by atoms with van der Waals surface area (Å²) in [4.78, 5) is 14.5. The van der Waals surface area contributed by atoms with Crippen molar-refractivity contribution in [3.05, 3.63) is 36.9 Å². The van der Waals surface area contributed by atoms with Crippen LogP contribution in [0, 0.1) is 0 Å². The highest BCUT2D eigenvalue weighted by atomic mass is 15.2. The largest absolute Gasteiger partial charge is 0.370 e. The third-order valence-electron chi connectivity index (χ3n) is 2.72. The van der Waals surface area contributed by atoms with Gasteiger partial charge in [-0.15, -0.1) is 0 Å². The third-order valence-corrected chi connectivity index (χ3v) is 2.72. The average molecular weight is 258 g/mol. The normalized spacial score (nSPS) is 10.2. The number of nitrogens with zero attached hydrogens (tertiary/aromatic N) is 4. The fourth-order valence-corrected chi connectivity index (χ4v) is 1.63. The Balaban J connectivity index is 2.10. The van der Waals surface area contributed by atoms with Gasteiger partial charge in [-0.05, 0) is 25.1 Å². The molecule has 100 valence electrons. The zero-order valence-corrected chi connectivity index (χ0v) is 11.0. The van der Waals surface area contributed by atoms with Gasteiger partial charge in [0.2, 0.25) is 0 Å². The lowest BCUT2D eigenvalue weighted by atomic mass is 10.3.